The van der Waals surface area contributed by atoms with E-state index >= 15 is 0 Å². The third kappa shape index (κ3) is 8.62. The molecule has 11 heavy (non-hydrogen) atoms. The summed E-state index contributed by atoms with van der Waals surface area (Å²) in [7, 11) is 5.37. The van der Waals surface area contributed by atoms with Gasteiger partial charge in [-0.25, -0.2) is 0 Å². The van der Waals surface area contributed by atoms with Gasteiger partial charge in [-0.2, -0.15) is 0 Å². The molecule has 0 aliphatic carbocycles. The summed E-state index contributed by atoms with van der Waals surface area (Å²) in [6.45, 7) is 6.05. The van der Waals surface area contributed by atoms with E-state index in [1.165, 1.54) is 6.42 Å². The molecular formula is C8H18BNW. The summed E-state index contributed by atoms with van der Waals surface area (Å²) in [5, 5.41) is 4.16. The van der Waals surface area contributed by atoms with Crippen LogP contribution < -0.4 is 0 Å². The molecule has 1 fully saturated rings. The molecule has 1 aliphatic heterocycles. The van der Waals surface area contributed by atoms with Gasteiger partial charge in [0.25, 0.3) is 0 Å². The van der Waals surface area contributed by atoms with Gasteiger partial charge in [0, 0.05) is 0 Å². The Morgan fingerprint density at radius 2 is 2.00 bits per heavy atom. The molecule has 0 N–H and O–H groups in total. The van der Waals surface area contributed by atoms with E-state index in [1.807, 2.05) is 13.8 Å². The van der Waals surface area contributed by atoms with Crippen molar-refractivity contribution in [3.63, 3.8) is 0 Å². The van der Waals surface area contributed by atoms with Crippen molar-refractivity contribution in [2.24, 2.45) is 5.92 Å². The van der Waals surface area contributed by atoms with Crippen LogP contribution in [0.5, 0.6) is 0 Å². The molecule has 0 aromatic heterocycles. The minimum atomic E-state index is 0. The largest absolute Gasteiger partial charge is 2.00 e. The summed E-state index contributed by atoms with van der Waals surface area (Å²) in [6, 6.07) is 0. The van der Waals surface area contributed by atoms with Crippen LogP contribution in [0.2, 0.25) is 6.32 Å². The Morgan fingerprint density at radius 1 is 1.45 bits per heavy atom. The second-order valence-corrected chi connectivity index (χ2v) is 2.02. The van der Waals surface area contributed by atoms with E-state index in [2.05, 4.69) is 5.32 Å². The molecule has 1 saturated heterocycles. The van der Waals surface area contributed by atoms with Crippen molar-refractivity contribution in [1.82, 2.24) is 0 Å². The van der Waals surface area contributed by atoms with E-state index < -0.39 is 0 Å². The van der Waals surface area contributed by atoms with E-state index in [0.717, 1.165) is 19.4 Å². The Hall–Kier alpha value is 0.713. The molecule has 0 aromatic carbocycles. The summed E-state index contributed by atoms with van der Waals surface area (Å²) < 4.78 is 0. The molecule has 1 rings (SSSR count). The maximum absolute atomic E-state index is 5.37. The Kier molecular flexibility index (Phi) is 21.4. The van der Waals surface area contributed by atoms with Gasteiger partial charge in [0.2, 0.25) is 0 Å². The Balaban J connectivity index is -0.000000149. The van der Waals surface area contributed by atoms with Crippen molar-refractivity contribution in [2.75, 3.05) is 13.1 Å². The van der Waals surface area contributed by atoms with Crippen LogP contribution in [0.25, 0.3) is 5.32 Å². The Bertz CT molecular complexity index is 56.1. The van der Waals surface area contributed by atoms with Gasteiger partial charge in [-0.15, -0.1) is 13.1 Å². The van der Waals surface area contributed by atoms with Crippen molar-refractivity contribution in [1.29, 1.82) is 0 Å². The van der Waals surface area contributed by atoms with Crippen molar-refractivity contribution in [3.05, 3.63) is 12.7 Å². The smallest absolute Gasteiger partial charge is 0.662 e. The molecule has 0 spiro atoms. The fourth-order valence-corrected chi connectivity index (χ4v) is 0.831. The van der Waals surface area contributed by atoms with Gasteiger partial charge in [0.1, 0.15) is 0 Å². The maximum atomic E-state index is 5.37. The van der Waals surface area contributed by atoms with Crippen molar-refractivity contribution in [3.8, 4) is 0 Å². The maximum Gasteiger partial charge on any atom is 2.00 e. The van der Waals surface area contributed by atoms with Crippen LogP contribution in [0.4, 0.5) is 0 Å². The van der Waals surface area contributed by atoms with E-state index in [0.29, 0.717) is 5.92 Å². The first-order valence-corrected chi connectivity index (χ1v) is 3.77. The number of nitrogens with zero attached hydrogens (tertiary/aromatic N) is 1. The van der Waals surface area contributed by atoms with Crippen molar-refractivity contribution < 1.29 is 21.1 Å². The van der Waals surface area contributed by atoms with Gasteiger partial charge in [0.15, 0.2) is 0 Å². The van der Waals surface area contributed by atoms with E-state index in [-0.39, 0.29) is 28.5 Å². The molecule has 0 bridgehead atoms. The Labute approximate surface area is 87.4 Å². The first-order chi connectivity index (χ1) is 4.43. The topological polar surface area (TPSA) is 14.1 Å². The normalized spacial score (nSPS) is 20.4. The van der Waals surface area contributed by atoms with Crippen molar-refractivity contribution in [2.45, 2.75) is 26.6 Å². The zero-order chi connectivity index (χ0) is 7.11. The van der Waals surface area contributed by atoms with Crippen molar-refractivity contribution >= 4 is 7.85 Å². The number of rotatable bonds is 1. The van der Waals surface area contributed by atoms with Crippen LogP contribution >= 0.6 is 0 Å². The van der Waals surface area contributed by atoms with E-state index in [1.54, 1.807) is 0 Å². The second kappa shape index (κ2) is 13.3. The third-order valence-corrected chi connectivity index (χ3v) is 1.42. The van der Waals surface area contributed by atoms with Gasteiger partial charge < -0.3 is 12.7 Å². The molecule has 0 amide bonds. The van der Waals surface area contributed by atoms with Gasteiger partial charge in [0.05, 0.1) is 7.85 Å². The van der Waals surface area contributed by atoms with Crippen LogP contribution in [0.3, 0.4) is 0 Å². The fraction of sp³-hybridized carbons (Fsp3) is 0.875. The first kappa shape index (κ1) is 17.7. The summed E-state index contributed by atoms with van der Waals surface area (Å²) in [6.07, 6.45) is 2.04. The monoisotopic (exact) mass is 323 g/mol. The SMILES string of the molecule is CC.[B]CC1CC[N-]C1.[CH3-].[W+2]. The predicted octanol–water partition coefficient (Wildman–Crippen LogP) is 2.44. The molecule has 1 nitrogen and oxygen atoms in total. The zero-order valence-electron chi connectivity index (χ0n) is 7.84. The minimum Gasteiger partial charge on any atom is -0.662 e. The summed E-state index contributed by atoms with van der Waals surface area (Å²) in [5.74, 6) is 0.708. The number of hydrogen-bond acceptors (Lipinski definition) is 0. The van der Waals surface area contributed by atoms with Gasteiger partial charge >= 0.3 is 21.1 Å². The summed E-state index contributed by atoms with van der Waals surface area (Å²) >= 11 is 0. The molecule has 2 radical (unpaired) electrons. The van der Waals surface area contributed by atoms with Crippen LogP contribution in [-0.4, -0.2) is 20.9 Å². The standard InChI is InChI=1S/C5H9BN.C2H6.CH3.W/c6-3-5-1-2-7-4-5;1-2;;/h5H,1-4H2;1-2H3;1H3;/q-1;;-1;+2. The average molecular weight is 323 g/mol. The summed E-state index contributed by atoms with van der Waals surface area (Å²) in [4.78, 5) is 0. The first-order valence-electron chi connectivity index (χ1n) is 3.77. The molecule has 0 aromatic rings. The minimum absolute atomic E-state index is 0. The quantitative estimate of drug-likeness (QED) is 0.520. The molecule has 1 aliphatic rings. The van der Waals surface area contributed by atoms with Crippen LogP contribution in [0.15, 0.2) is 0 Å². The number of hydrogen-bond donors (Lipinski definition) is 0. The molecule has 1 atom stereocenters. The molecule has 3 heteroatoms. The van der Waals surface area contributed by atoms with Gasteiger partial charge in [-0.05, 0) is 0 Å². The van der Waals surface area contributed by atoms with Crippen LogP contribution in [-0.2, 0) is 21.1 Å². The average Bonchev–Trinajstić information content (AvgIpc) is 2.43. The third-order valence-electron chi connectivity index (χ3n) is 1.42. The van der Waals surface area contributed by atoms with Gasteiger partial charge in [-0.3, -0.25) is 0 Å². The Morgan fingerprint density at radius 3 is 2.18 bits per heavy atom. The summed E-state index contributed by atoms with van der Waals surface area (Å²) in [5.41, 5.74) is 0. The molecule has 64 valence electrons. The van der Waals surface area contributed by atoms with Crippen LogP contribution in [0, 0.1) is 13.3 Å². The van der Waals surface area contributed by atoms with Crippen LogP contribution in [0.1, 0.15) is 20.3 Å². The molecule has 1 heterocycles. The molecule has 1 unspecified atom stereocenters. The molecule has 0 saturated carbocycles. The zero-order valence-corrected chi connectivity index (χ0v) is 10.8. The fourth-order valence-electron chi connectivity index (χ4n) is 0.831. The van der Waals surface area contributed by atoms with Gasteiger partial charge in [-0.1, -0.05) is 32.5 Å². The molecular weight excluding hydrogens is 305 g/mol. The second-order valence-electron chi connectivity index (χ2n) is 2.02. The predicted molar refractivity (Wildman–Crippen MR) is 49.5 cm³/mol. The van der Waals surface area contributed by atoms with E-state index in [9.17, 15) is 0 Å². The van der Waals surface area contributed by atoms with E-state index in [4.69, 9.17) is 7.85 Å².